The number of piperidine rings is 3. The third kappa shape index (κ3) is 8.61. The fraction of sp³-hybridized carbons (Fsp3) is 0.575. The van der Waals surface area contributed by atoms with Crippen LogP contribution in [0.1, 0.15) is 62.1 Å². The third-order valence-electron chi connectivity index (χ3n) is 11.8. The van der Waals surface area contributed by atoms with Gasteiger partial charge in [0.15, 0.2) is 6.10 Å². The van der Waals surface area contributed by atoms with Gasteiger partial charge in [-0.15, -0.1) is 0 Å². The van der Waals surface area contributed by atoms with Crippen molar-refractivity contribution in [1.29, 1.82) is 0 Å². The molecular weight excluding hydrogens is 674 g/mol. The fourth-order valence-electron chi connectivity index (χ4n) is 8.85. The van der Waals surface area contributed by atoms with Crippen molar-refractivity contribution in [2.75, 3.05) is 64.3 Å². The molecule has 3 saturated heterocycles. The number of ether oxygens (including phenoxy) is 2. The maximum absolute atomic E-state index is 14.2. The molecule has 0 unspecified atom stereocenters. The van der Waals surface area contributed by atoms with E-state index in [0.29, 0.717) is 70.6 Å². The maximum Gasteiger partial charge on any atom is 0.410 e. The van der Waals surface area contributed by atoms with Crippen LogP contribution in [0, 0.1) is 18.8 Å². The van der Waals surface area contributed by atoms with Crippen LogP contribution >= 0.6 is 0 Å². The molecule has 0 spiro atoms. The van der Waals surface area contributed by atoms with Gasteiger partial charge >= 0.3 is 18.1 Å². The monoisotopic (exact) mass is 727 g/mol. The van der Waals surface area contributed by atoms with Gasteiger partial charge in [0.1, 0.15) is 5.65 Å². The van der Waals surface area contributed by atoms with Gasteiger partial charge in [-0.1, -0.05) is 24.3 Å². The van der Waals surface area contributed by atoms with Crippen molar-refractivity contribution >= 4 is 35.3 Å². The highest BCUT2D eigenvalue weighted by atomic mass is 16.6. The zero-order valence-electron chi connectivity index (χ0n) is 31.1. The Bertz CT molecular complexity index is 1770. The molecule has 1 atom stereocenters. The van der Waals surface area contributed by atoms with Gasteiger partial charge < -0.3 is 33.9 Å². The molecule has 0 saturated carbocycles. The number of hydrogen-bond acceptors (Lipinski definition) is 8. The summed E-state index contributed by atoms with van der Waals surface area (Å²) in [6, 6.07) is 9.84. The van der Waals surface area contributed by atoms with E-state index in [9.17, 15) is 19.2 Å². The second-order valence-corrected chi connectivity index (χ2v) is 15.1. The summed E-state index contributed by atoms with van der Waals surface area (Å²) in [5.41, 5.74) is 4.72. The number of amides is 4. The van der Waals surface area contributed by atoms with Gasteiger partial charge in [-0.2, -0.15) is 0 Å². The minimum absolute atomic E-state index is 0.0155. The molecule has 0 radical (unpaired) electrons. The Morgan fingerprint density at radius 2 is 1.62 bits per heavy atom. The number of rotatable bonds is 9. The van der Waals surface area contributed by atoms with E-state index >= 15 is 0 Å². The molecule has 13 nitrogen and oxygen atoms in total. The molecule has 0 aliphatic carbocycles. The average Bonchev–Trinajstić information content (AvgIpc) is 3.58. The number of aromatic nitrogens is 2. The number of esters is 1. The van der Waals surface area contributed by atoms with E-state index in [2.05, 4.69) is 15.2 Å². The van der Waals surface area contributed by atoms with Crippen LogP contribution in [0.25, 0.3) is 5.65 Å². The van der Waals surface area contributed by atoms with Gasteiger partial charge in [-0.25, -0.2) is 14.6 Å². The number of fused-ring (bicyclic) bond motifs is 2. The van der Waals surface area contributed by atoms with Crippen molar-refractivity contribution in [3.63, 3.8) is 0 Å². The van der Waals surface area contributed by atoms with E-state index in [1.807, 2.05) is 70.8 Å². The van der Waals surface area contributed by atoms with Crippen molar-refractivity contribution in [3.8, 4) is 0 Å². The molecule has 1 N–H and O–H groups in total. The SMILES string of the molecule is CCOC(=O)CN1CCC(C2CCN(C(=O)[C@@H](Cc3cc(C)c4nccn4c3)OC(=O)N3CCC(N4CCc5ccccc5NC4=O)CC3)CC2)CC1. The number of aryl methyl sites for hydroxylation is 1. The zero-order chi connectivity index (χ0) is 36.9. The number of nitrogens with one attached hydrogen (secondary N) is 1. The highest BCUT2D eigenvalue weighted by Crippen LogP contribution is 2.33. The third-order valence-corrected chi connectivity index (χ3v) is 11.8. The first-order chi connectivity index (χ1) is 25.7. The summed E-state index contributed by atoms with van der Waals surface area (Å²) >= 11 is 0. The van der Waals surface area contributed by atoms with Gasteiger partial charge in [-0.05, 0) is 106 Å². The van der Waals surface area contributed by atoms with Gasteiger partial charge in [0, 0.05) is 69.5 Å². The lowest BCUT2D eigenvalue weighted by Gasteiger charge is -2.41. The quantitative estimate of drug-likeness (QED) is 0.313. The molecule has 3 aromatic rings. The highest BCUT2D eigenvalue weighted by Gasteiger charge is 2.37. The van der Waals surface area contributed by atoms with Crippen molar-refractivity contribution < 1.29 is 28.7 Å². The number of nitrogens with zero attached hydrogens (tertiary/aromatic N) is 6. The summed E-state index contributed by atoms with van der Waals surface area (Å²) in [7, 11) is 0. The number of carbonyl (C=O) groups excluding carboxylic acids is 4. The average molecular weight is 728 g/mol. The summed E-state index contributed by atoms with van der Waals surface area (Å²) < 4.78 is 13.2. The van der Waals surface area contributed by atoms with Crippen molar-refractivity contribution in [2.24, 2.45) is 11.8 Å². The summed E-state index contributed by atoms with van der Waals surface area (Å²) in [5, 5.41) is 3.06. The Hall–Kier alpha value is -4.65. The van der Waals surface area contributed by atoms with Crippen molar-refractivity contribution in [1.82, 2.24) is 29.0 Å². The molecule has 284 valence electrons. The molecule has 53 heavy (non-hydrogen) atoms. The zero-order valence-corrected chi connectivity index (χ0v) is 31.1. The molecule has 3 fully saturated rings. The number of para-hydroxylation sites is 1. The minimum Gasteiger partial charge on any atom is -0.465 e. The second kappa shape index (κ2) is 16.6. The van der Waals surface area contributed by atoms with Crippen LogP contribution in [0.15, 0.2) is 48.9 Å². The Morgan fingerprint density at radius 1 is 0.925 bits per heavy atom. The van der Waals surface area contributed by atoms with Crippen molar-refractivity contribution in [3.05, 3.63) is 65.6 Å². The predicted molar refractivity (Wildman–Crippen MR) is 199 cm³/mol. The topological polar surface area (TPSA) is 129 Å². The van der Waals surface area contributed by atoms with E-state index in [1.54, 1.807) is 11.1 Å². The summed E-state index contributed by atoms with van der Waals surface area (Å²) in [6.07, 6.45) is 10.4. The first kappa shape index (κ1) is 36.7. The molecule has 0 bridgehead atoms. The number of urea groups is 1. The van der Waals surface area contributed by atoms with E-state index in [0.717, 1.165) is 73.2 Å². The Morgan fingerprint density at radius 3 is 2.36 bits per heavy atom. The van der Waals surface area contributed by atoms with E-state index in [-0.39, 0.29) is 30.4 Å². The summed E-state index contributed by atoms with van der Waals surface area (Å²) in [6.45, 7) is 9.14. The number of pyridine rings is 1. The van der Waals surface area contributed by atoms with Crippen LogP contribution in [0.2, 0.25) is 0 Å². The van der Waals surface area contributed by atoms with E-state index in [1.165, 1.54) is 0 Å². The van der Waals surface area contributed by atoms with Crippen molar-refractivity contribution in [2.45, 2.75) is 77.4 Å². The fourth-order valence-corrected chi connectivity index (χ4v) is 8.85. The predicted octanol–water partition coefficient (Wildman–Crippen LogP) is 4.76. The van der Waals surface area contributed by atoms with E-state index < -0.39 is 12.2 Å². The molecule has 4 amide bonds. The molecule has 6 heterocycles. The molecular formula is C40H53N7O6. The Labute approximate surface area is 311 Å². The standard InChI is InChI=1S/C40H53N7O6/c1-3-52-36(48)27-43-16-8-30(9-17-43)31-10-18-44(19-11-31)38(49)35(25-29-24-28(2)37-41-15-23-46(37)26-29)53-40(51)45-20-13-33(14-21-45)47-22-12-32-6-4-5-7-34(32)42-39(47)50/h4-7,15,23-24,26,30-31,33,35H,3,8-14,16-22,25,27H2,1-2H3,(H,42,50)/t35-/m1/s1. The smallest absolute Gasteiger partial charge is 0.410 e. The van der Waals surface area contributed by atoms with Crippen LogP contribution < -0.4 is 5.32 Å². The van der Waals surface area contributed by atoms with Gasteiger partial charge in [0.25, 0.3) is 5.91 Å². The lowest BCUT2D eigenvalue weighted by atomic mass is 9.78. The normalized spacial score (nSPS) is 20.1. The van der Waals surface area contributed by atoms with Crippen LogP contribution in [-0.2, 0) is 31.9 Å². The lowest BCUT2D eigenvalue weighted by molar-refractivity contribution is -0.144. The summed E-state index contributed by atoms with van der Waals surface area (Å²) in [5.74, 6) is 0.784. The summed E-state index contributed by atoms with van der Waals surface area (Å²) in [4.78, 5) is 65.2. The molecule has 2 aromatic heterocycles. The van der Waals surface area contributed by atoms with Crippen LogP contribution in [0.5, 0.6) is 0 Å². The highest BCUT2D eigenvalue weighted by molar-refractivity contribution is 5.91. The number of hydrogen-bond donors (Lipinski definition) is 1. The Balaban J connectivity index is 0.962. The molecule has 7 rings (SSSR count). The lowest BCUT2D eigenvalue weighted by Crippen LogP contribution is -2.52. The number of benzene rings is 1. The molecule has 4 aliphatic heterocycles. The second-order valence-electron chi connectivity index (χ2n) is 15.1. The van der Waals surface area contributed by atoms with E-state index in [4.69, 9.17) is 9.47 Å². The number of likely N-dealkylation sites (tertiary alicyclic amines) is 3. The molecule has 1 aromatic carbocycles. The maximum atomic E-state index is 14.2. The van der Waals surface area contributed by atoms with Crippen LogP contribution in [0.4, 0.5) is 15.3 Å². The number of imidazole rings is 1. The largest absolute Gasteiger partial charge is 0.465 e. The Kier molecular flexibility index (Phi) is 11.5. The van der Waals surface area contributed by atoms with Gasteiger partial charge in [-0.3, -0.25) is 14.5 Å². The van der Waals surface area contributed by atoms with Gasteiger partial charge in [0.2, 0.25) is 0 Å². The number of carbonyl (C=O) groups is 4. The van der Waals surface area contributed by atoms with Gasteiger partial charge in [0.05, 0.1) is 13.2 Å². The van der Waals surface area contributed by atoms with Crippen LogP contribution in [0.3, 0.4) is 0 Å². The first-order valence-corrected chi connectivity index (χ1v) is 19.5. The molecule has 4 aliphatic rings. The minimum atomic E-state index is -0.960. The number of anilines is 1. The first-order valence-electron chi connectivity index (χ1n) is 19.5. The van der Waals surface area contributed by atoms with Crippen LogP contribution in [-0.4, -0.2) is 124 Å². The molecule has 13 heteroatoms.